The standard InChI is InChI=1S/C24H24N2O/c1-3-17-7-8-18-13-16(14-19-4-2-12-27-19)6-9-22(18)26-23-10-11-25-15-21(23)20(5-1)24(17)26/h2-4,7-8,10-12,15-16,18,22H,1,5-6,9,13-14H2. The molecule has 1 saturated carbocycles. The number of rotatable bonds is 2. The van der Waals surface area contributed by atoms with Gasteiger partial charge in [0, 0.05) is 30.2 Å². The summed E-state index contributed by atoms with van der Waals surface area (Å²) in [6.07, 6.45) is 20.3. The van der Waals surface area contributed by atoms with Crippen LogP contribution in [-0.2, 0) is 12.8 Å². The van der Waals surface area contributed by atoms with Crippen LogP contribution < -0.4 is 0 Å². The van der Waals surface area contributed by atoms with Crippen LogP contribution in [0.2, 0.25) is 0 Å². The fraction of sp³-hybridized carbons (Fsp3) is 0.375. The van der Waals surface area contributed by atoms with Crippen molar-refractivity contribution in [2.45, 2.75) is 44.6 Å². The summed E-state index contributed by atoms with van der Waals surface area (Å²) in [5, 5.41) is 1.37. The molecule has 0 N–H and O–H groups in total. The number of hydrogen-bond donors (Lipinski definition) is 0. The fourth-order valence-electron chi connectivity index (χ4n) is 5.68. The van der Waals surface area contributed by atoms with Gasteiger partial charge in [0.2, 0.25) is 0 Å². The molecular formula is C24H24N2O. The third-order valence-electron chi connectivity index (χ3n) is 6.84. The Labute approximate surface area is 159 Å². The molecule has 4 heterocycles. The molecule has 0 bridgehead atoms. The Morgan fingerprint density at radius 3 is 3.15 bits per heavy atom. The Bertz CT molecular complexity index is 1050. The normalized spacial score (nSPS) is 26.4. The zero-order chi connectivity index (χ0) is 17.8. The van der Waals surface area contributed by atoms with Crippen molar-refractivity contribution >= 4 is 16.5 Å². The highest BCUT2D eigenvalue weighted by Gasteiger charge is 2.36. The van der Waals surface area contributed by atoms with Gasteiger partial charge in [-0.25, -0.2) is 0 Å². The number of allylic oxidation sites excluding steroid dienone is 4. The molecule has 0 amide bonds. The first kappa shape index (κ1) is 15.5. The van der Waals surface area contributed by atoms with Crippen LogP contribution in [-0.4, -0.2) is 9.55 Å². The van der Waals surface area contributed by atoms with Crippen molar-refractivity contribution in [3.63, 3.8) is 0 Å². The van der Waals surface area contributed by atoms with Crippen molar-refractivity contribution < 1.29 is 4.42 Å². The van der Waals surface area contributed by atoms with Gasteiger partial charge in [-0.3, -0.25) is 4.98 Å². The second-order valence-electron chi connectivity index (χ2n) is 8.34. The maximum Gasteiger partial charge on any atom is 0.104 e. The molecule has 0 spiro atoms. The van der Waals surface area contributed by atoms with Crippen LogP contribution in [0.25, 0.3) is 16.5 Å². The van der Waals surface area contributed by atoms with E-state index in [4.69, 9.17) is 4.42 Å². The van der Waals surface area contributed by atoms with E-state index in [0.29, 0.717) is 17.9 Å². The molecule has 6 rings (SSSR count). The first-order chi connectivity index (χ1) is 13.4. The quantitative estimate of drug-likeness (QED) is 0.587. The number of aryl methyl sites for hydroxylation is 1. The maximum atomic E-state index is 5.62. The SMILES string of the molecule is C1=CC2CC(Cc3ccco3)CCC2n2c3c(c4cnccc42)CCC=C13. The topological polar surface area (TPSA) is 31.0 Å². The van der Waals surface area contributed by atoms with E-state index < -0.39 is 0 Å². The maximum absolute atomic E-state index is 5.62. The summed E-state index contributed by atoms with van der Waals surface area (Å²) in [6, 6.07) is 6.91. The highest BCUT2D eigenvalue weighted by atomic mass is 16.3. The van der Waals surface area contributed by atoms with Gasteiger partial charge in [-0.2, -0.15) is 0 Å². The van der Waals surface area contributed by atoms with E-state index in [-0.39, 0.29) is 0 Å². The molecule has 3 aliphatic rings. The first-order valence-corrected chi connectivity index (χ1v) is 10.3. The molecule has 1 fully saturated rings. The van der Waals surface area contributed by atoms with Crippen LogP contribution in [0.1, 0.15) is 48.7 Å². The molecular weight excluding hydrogens is 332 g/mol. The highest BCUT2D eigenvalue weighted by Crippen LogP contribution is 2.47. The van der Waals surface area contributed by atoms with Crippen LogP contribution in [0, 0.1) is 11.8 Å². The Hall–Kier alpha value is -2.55. The Balaban J connectivity index is 1.43. The van der Waals surface area contributed by atoms with Gasteiger partial charge in [0.05, 0.1) is 17.5 Å². The Morgan fingerprint density at radius 2 is 2.22 bits per heavy atom. The molecule has 27 heavy (non-hydrogen) atoms. The van der Waals surface area contributed by atoms with Crippen LogP contribution in [0.15, 0.2) is 59.5 Å². The number of aromatic nitrogens is 2. The largest absolute Gasteiger partial charge is 0.469 e. The average Bonchev–Trinajstić information content (AvgIpc) is 3.28. The first-order valence-electron chi connectivity index (χ1n) is 10.3. The second kappa shape index (κ2) is 5.98. The summed E-state index contributed by atoms with van der Waals surface area (Å²) < 4.78 is 8.29. The molecule has 0 saturated heterocycles. The van der Waals surface area contributed by atoms with E-state index in [1.54, 1.807) is 6.26 Å². The summed E-state index contributed by atoms with van der Waals surface area (Å²) in [5.41, 5.74) is 5.78. The lowest BCUT2D eigenvalue weighted by molar-refractivity contribution is 0.215. The monoisotopic (exact) mass is 356 g/mol. The lowest BCUT2D eigenvalue weighted by Crippen LogP contribution is -2.27. The predicted octanol–water partition coefficient (Wildman–Crippen LogP) is 5.73. The molecule has 3 aromatic heterocycles. The Morgan fingerprint density at radius 1 is 1.22 bits per heavy atom. The summed E-state index contributed by atoms with van der Waals surface area (Å²) >= 11 is 0. The van der Waals surface area contributed by atoms with Gasteiger partial charge in [0.25, 0.3) is 0 Å². The zero-order valence-electron chi connectivity index (χ0n) is 15.5. The molecule has 3 aromatic rings. The van der Waals surface area contributed by atoms with Gasteiger partial charge < -0.3 is 8.98 Å². The van der Waals surface area contributed by atoms with Gasteiger partial charge in [-0.15, -0.1) is 0 Å². The second-order valence-corrected chi connectivity index (χ2v) is 8.34. The fourth-order valence-corrected chi connectivity index (χ4v) is 5.68. The van der Waals surface area contributed by atoms with E-state index in [0.717, 1.165) is 25.0 Å². The van der Waals surface area contributed by atoms with Crippen molar-refractivity contribution in [2.75, 3.05) is 0 Å². The molecule has 3 atom stereocenters. The summed E-state index contributed by atoms with van der Waals surface area (Å²) in [6.45, 7) is 0. The minimum atomic E-state index is 0.562. The summed E-state index contributed by atoms with van der Waals surface area (Å²) in [7, 11) is 0. The van der Waals surface area contributed by atoms with Gasteiger partial charge in [0.1, 0.15) is 5.76 Å². The molecule has 1 aliphatic heterocycles. The molecule has 0 aromatic carbocycles. The molecule has 136 valence electrons. The van der Waals surface area contributed by atoms with Crippen molar-refractivity contribution in [1.82, 2.24) is 9.55 Å². The van der Waals surface area contributed by atoms with Crippen molar-refractivity contribution in [3.8, 4) is 0 Å². The third-order valence-corrected chi connectivity index (χ3v) is 6.84. The number of nitrogens with zero attached hydrogens (tertiary/aromatic N) is 2. The third kappa shape index (κ3) is 2.37. The highest BCUT2D eigenvalue weighted by molar-refractivity contribution is 5.92. The van der Waals surface area contributed by atoms with Crippen LogP contribution in [0.4, 0.5) is 0 Å². The van der Waals surface area contributed by atoms with Gasteiger partial charge in [-0.1, -0.05) is 18.2 Å². The van der Waals surface area contributed by atoms with Crippen molar-refractivity contribution in [3.05, 3.63) is 72.1 Å². The van der Waals surface area contributed by atoms with E-state index in [1.807, 2.05) is 12.3 Å². The van der Waals surface area contributed by atoms with E-state index in [1.165, 1.54) is 47.0 Å². The average molecular weight is 356 g/mol. The summed E-state index contributed by atoms with van der Waals surface area (Å²) in [5.74, 6) is 2.44. The zero-order valence-corrected chi connectivity index (χ0v) is 15.5. The molecule has 3 heteroatoms. The minimum absolute atomic E-state index is 0.562. The smallest absolute Gasteiger partial charge is 0.104 e. The molecule has 3 nitrogen and oxygen atoms in total. The van der Waals surface area contributed by atoms with Gasteiger partial charge in [0.15, 0.2) is 0 Å². The minimum Gasteiger partial charge on any atom is -0.469 e. The van der Waals surface area contributed by atoms with Gasteiger partial charge >= 0.3 is 0 Å². The summed E-state index contributed by atoms with van der Waals surface area (Å²) in [4.78, 5) is 4.43. The van der Waals surface area contributed by atoms with E-state index >= 15 is 0 Å². The van der Waals surface area contributed by atoms with Crippen molar-refractivity contribution in [1.29, 1.82) is 0 Å². The predicted molar refractivity (Wildman–Crippen MR) is 107 cm³/mol. The number of hydrogen-bond acceptors (Lipinski definition) is 2. The lowest BCUT2D eigenvalue weighted by Gasteiger charge is -2.36. The number of fused-ring (bicyclic) bond motifs is 5. The molecule has 0 radical (unpaired) electrons. The Kier molecular flexibility index (Phi) is 3.43. The molecule has 2 aliphatic carbocycles. The van der Waals surface area contributed by atoms with Crippen LogP contribution >= 0.6 is 0 Å². The lowest BCUT2D eigenvalue weighted by atomic mass is 9.76. The van der Waals surface area contributed by atoms with Crippen molar-refractivity contribution in [2.24, 2.45) is 11.8 Å². The number of furan rings is 1. The van der Waals surface area contributed by atoms with Crippen LogP contribution in [0.5, 0.6) is 0 Å². The molecule has 3 unspecified atom stereocenters. The number of pyridine rings is 1. The van der Waals surface area contributed by atoms with E-state index in [9.17, 15) is 0 Å². The van der Waals surface area contributed by atoms with E-state index in [2.05, 4.69) is 46.1 Å². The van der Waals surface area contributed by atoms with Gasteiger partial charge in [-0.05, 0) is 73.3 Å². The van der Waals surface area contributed by atoms with Crippen LogP contribution in [0.3, 0.4) is 0 Å².